The van der Waals surface area contributed by atoms with Crippen molar-refractivity contribution in [2.24, 2.45) is 0 Å². The van der Waals surface area contributed by atoms with E-state index in [4.69, 9.17) is 0 Å². The van der Waals surface area contributed by atoms with Crippen molar-refractivity contribution >= 4 is 10.0 Å². The van der Waals surface area contributed by atoms with Gasteiger partial charge < -0.3 is 0 Å². The van der Waals surface area contributed by atoms with E-state index in [9.17, 15) is 12.8 Å². The minimum atomic E-state index is -3.49. The summed E-state index contributed by atoms with van der Waals surface area (Å²) in [6.45, 7) is 4.04. The average Bonchev–Trinajstić information content (AvgIpc) is 2.43. The van der Waals surface area contributed by atoms with E-state index < -0.39 is 10.0 Å². The number of hydrogen-bond acceptors (Lipinski definition) is 2. The molecule has 3 nitrogen and oxygen atoms in total. The maximum absolute atomic E-state index is 13.1. The number of benzene rings is 2. The Hall–Kier alpha value is -1.72. The normalized spacial score (nSPS) is 11.6. The number of nitrogens with one attached hydrogen (secondary N) is 1. The van der Waals surface area contributed by atoms with Crippen molar-refractivity contribution in [2.75, 3.05) is 6.54 Å². The van der Waals surface area contributed by atoms with Crippen LogP contribution in [0, 0.1) is 19.7 Å². The summed E-state index contributed by atoms with van der Waals surface area (Å²) in [6.07, 6.45) is 1.25. The zero-order chi connectivity index (χ0) is 16.2. The van der Waals surface area contributed by atoms with E-state index in [1.807, 2.05) is 19.1 Å². The van der Waals surface area contributed by atoms with Gasteiger partial charge in [0, 0.05) is 6.54 Å². The lowest BCUT2D eigenvalue weighted by Gasteiger charge is -2.10. The molecule has 0 atom stereocenters. The molecule has 2 aromatic carbocycles. The Kier molecular flexibility index (Phi) is 5.32. The molecule has 0 spiro atoms. The van der Waals surface area contributed by atoms with Gasteiger partial charge in [0.15, 0.2) is 0 Å². The SMILES string of the molecule is Cc1ccc(S(=O)(=O)NCCCc2cccc(F)c2)c(C)c1. The Labute approximate surface area is 131 Å². The van der Waals surface area contributed by atoms with E-state index in [2.05, 4.69) is 4.72 Å². The van der Waals surface area contributed by atoms with Crippen LogP contribution in [-0.4, -0.2) is 15.0 Å². The molecule has 2 aromatic rings. The minimum Gasteiger partial charge on any atom is -0.211 e. The Balaban J connectivity index is 1.93. The fourth-order valence-corrected chi connectivity index (χ4v) is 3.67. The lowest BCUT2D eigenvalue weighted by atomic mass is 10.1. The molecule has 0 heterocycles. The zero-order valence-corrected chi connectivity index (χ0v) is 13.6. The lowest BCUT2D eigenvalue weighted by Crippen LogP contribution is -2.25. The number of aryl methyl sites for hydroxylation is 3. The van der Waals surface area contributed by atoms with Gasteiger partial charge in [0.25, 0.3) is 0 Å². The van der Waals surface area contributed by atoms with Gasteiger partial charge >= 0.3 is 0 Å². The second-order valence-electron chi connectivity index (χ2n) is 5.40. The van der Waals surface area contributed by atoms with E-state index in [0.717, 1.165) is 16.7 Å². The van der Waals surface area contributed by atoms with Gasteiger partial charge in [-0.3, -0.25) is 0 Å². The van der Waals surface area contributed by atoms with Crippen LogP contribution in [0.4, 0.5) is 4.39 Å². The molecule has 0 aliphatic carbocycles. The highest BCUT2D eigenvalue weighted by Gasteiger charge is 2.15. The largest absolute Gasteiger partial charge is 0.240 e. The summed E-state index contributed by atoms with van der Waals surface area (Å²) in [5.41, 5.74) is 2.63. The molecule has 0 aliphatic rings. The summed E-state index contributed by atoms with van der Waals surface area (Å²) in [6, 6.07) is 11.6. The van der Waals surface area contributed by atoms with Crippen LogP contribution in [0.5, 0.6) is 0 Å². The first-order chi connectivity index (χ1) is 10.4. The zero-order valence-electron chi connectivity index (χ0n) is 12.8. The van der Waals surface area contributed by atoms with Crippen molar-refractivity contribution in [1.82, 2.24) is 4.72 Å². The molecule has 0 aliphatic heterocycles. The average molecular weight is 321 g/mol. The van der Waals surface area contributed by atoms with E-state index in [1.54, 1.807) is 25.1 Å². The highest BCUT2D eigenvalue weighted by Crippen LogP contribution is 2.16. The number of sulfonamides is 1. The van der Waals surface area contributed by atoms with Crippen LogP contribution in [0.1, 0.15) is 23.1 Å². The molecule has 0 amide bonds. The van der Waals surface area contributed by atoms with Crippen molar-refractivity contribution < 1.29 is 12.8 Å². The van der Waals surface area contributed by atoms with Gasteiger partial charge in [0.1, 0.15) is 5.82 Å². The molecule has 22 heavy (non-hydrogen) atoms. The summed E-state index contributed by atoms with van der Waals surface area (Å²) < 4.78 is 40.2. The second kappa shape index (κ2) is 7.03. The first kappa shape index (κ1) is 16.6. The molecule has 2 rings (SSSR count). The van der Waals surface area contributed by atoms with Gasteiger partial charge in [-0.1, -0.05) is 29.8 Å². The second-order valence-corrected chi connectivity index (χ2v) is 7.14. The molecular weight excluding hydrogens is 301 g/mol. The summed E-state index contributed by atoms with van der Waals surface area (Å²) in [5, 5.41) is 0. The van der Waals surface area contributed by atoms with E-state index in [1.165, 1.54) is 12.1 Å². The smallest absolute Gasteiger partial charge is 0.211 e. The van der Waals surface area contributed by atoms with Crippen molar-refractivity contribution in [2.45, 2.75) is 31.6 Å². The molecule has 0 unspecified atom stereocenters. The van der Waals surface area contributed by atoms with Crippen LogP contribution in [0.25, 0.3) is 0 Å². The van der Waals surface area contributed by atoms with Crippen LogP contribution in [-0.2, 0) is 16.4 Å². The maximum atomic E-state index is 13.1. The highest BCUT2D eigenvalue weighted by molar-refractivity contribution is 7.89. The fourth-order valence-electron chi connectivity index (χ4n) is 2.37. The third-order valence-electron chi connectivity index (χ3n) is 3.44. The molecule has 1 N–H and O–H groups in total. The van der Waals surface area contributed by atoms with Crippen LogP contribution in [0.3, 0.4) is 0 Å². The van der Waals surface area contributed by atoms with Crippen LogP contribution in [0.2, 0.25) is 0 Å². The van der Waals surface area contributed by atoms with Crippen molar-refractivity contribution in [1.29, 1.82) is 0 Å². The fraction of sp³-hybridized carbons (Fsp3) is 0.294. The van der Waals surface area contributed by atoms with Crippen molar-refractivity contribution in [3.63, 3.8) is 0 Å². The van der Waals surface area contributed by atoms with Gasteiger partial charge in [-0.15, -0.1) is 0 Å². The summed E-state index contributed by atoms with van der Waals surface area (Å²) in [5.74, 6) is -0.270. The Morgan fingerprint density at radius 3 is 2.55 bits per heavy atom. The Bertz CT molecular complexity index is 757. The van der Waals surface area contributed by atoms with Gasteiger partial charge in [0.05, 0.1) is 4.90 Å². The molecule has 5 heteroatoms. The van der Waals surface area contributed by atoms with Gasteiger partial charge in [-0.05, 0) is 56.0 Å². The minimum absolute atomic E-state index is 0.270. The Morgan fingerprint density at radius 2 is 1.86 bits per heavy atom. The van der Waals surface area contributed by atoms with Gasteiger partial charge in [-0.25, -0.2) is 17.5 Å². The standard InChI is InChI=1S/C17H20FNO2S/c1-13-8-9-17(14(2)11-13)22(20,21)19-10-4-6-15-5-3-7-16(18)12-15/h3,5,7-9,11-12,19H,4,6,10H2,1-2H3. The maximum Gasteiger partial charge on any atom is 0.240 e. The topological polar surface area (TPSA) is 46.2 Å². The molecule has 118 valence electrons. The van der Waals surface area contributed by atoms with Crippen LogP contribution < -0.4 is 4.72 Å². The predicted molar refractivity (Wildman–Crippen MR) is 85.8 cm³/mol. The predicted octanol–water partition coefficient (Wildman–Crippen LogP) is 3.35. The number of hydrogen-bond donors (Lipinski definition) is 1. The van der Waals surface area contributed by atoms with Crippen LogP contribution >= 0.6 is 0 Å². The quantitative estimate of drug-likeness (QED) is 0.829. The van der Waals surface area contributed by atoms with Crippen LogP contribution in [0.15, 0.2) is 47.4 Å². The van der Waals surface area contributed by atoms with E-state index in [-0.39, 0.29) is 5.82 Å². The molecule has 0 bridgehead atoms. The Morgan fingerprint density at radius 1 is 1.09 bits per heavy atom. The third-order valence-corrected chi connectivity index (χ3v) is 5.06. The lowest BCUT2D eigenvalue weighted by molar-refractivity contribution is 0.578. The molecule has 0 aromatic heterocycles. The molecule has 0 saturated carbocycles. The molecule has 0 radical (unpaired) electrons. The molecule has 0 saturated heterocycles. The van der Waals surface area contributed by atoms with E-state index >= 15 is 0 Å². The summed E-state index contributed by atoms with van der Waals surface area (Å²) in [7, 11) is -3.49. The van der Waals surface area contributed by atoms with Crippen molar-refractivity contribution in [3.05, 3.63) is 65.0 Å². The number of rotatable bonds is 6. The first-order valence-corrected chi connectivity index (χ1v) is 8.68. The summed E-state index contributed by atoms with van der Waals surface area (Å²) >= 11 is 0. The first-order valence-electron chi connectivity index (χ1n) is 7.20. The molecule has 0 fully saturated rings. The number of halogens is 1. The monoisotopic (exact) mass is 321 g/mol. The van der Waals surface area contributed by atoms with Crippen molar-refractivity contribution in [3.8, 4) is 0 Å². The van der Waals surface area contributed by atoms with Gasteiger partial charge in [0.2, 0.25) is 10.0 Å². The van der Waals surface area contributed by atoms with Gasteiger partial charge in [-0.2, -0.15) is 0 Å². The highest BCUT2D eigenvalue weighted by atomic mass is 32.2. The molecular formula is C17H20FNO2S. The van der Waals surface area contributed by atoms with E-state index in [0.29, 0.717) is 24.3 Å². The summed E-state index contributed by atoms with van der Waals surface area (Å²) in [4.78, 5) is 0.309. The third kappa shape index (κ3) is 4.39.